The van der Waals surface area contributed by atoms with Crippen LogP contribution in [0.15, 0.2) is 48.8 Å². The molecule has 0 saturated carbocycles. The van der Waals surface area contributed by atoms with Crippen LogP contribution >= 0.6 is 11.6 Å². The number of hydrazine groups is 1. The van der Waals surface area contributed by atoms with Gasteiger partial charge in [0.15, 0.2) is 11.5 Å². The number of amides is 1. The maximum absolute atomic E-state index is 12.3. The third-order valence-corrected chi connectivity index (χ3v) is 4.52. The predicted octanol–water partition coefficient (Wildman–Crippen LogP) is 3.14. The molecular formula is C19H15ClN6O5. The molecule has 2 heterocycles. The van der Waals surface area contributed by atoms with Crippen LogP contribution in [0.2, 0.25) is 5.02 Å². The average Bonchev–Trinajstić information content (AvgIpc) is 3.23. The summed E-state index contributed by atoms with van der Waals surface area (Å²) in [5.74, 6) is 0.507. The van der Waals surface area contributed by atoms with E-state index in [1.165, 1.54) is 6.07 Å². The Bertz CT molecular complexity index is 1160. The number of carbonyl (C=O) groups excluding carboxylic acids is 1. The van der Waals surface area contributed by atoms with Crippen molar-refractivity contribution in [3.8, 4) is 11.5 Å². The van der Waals surface area contributed by atoms with Gasteiger partial charge in [0, 0.05) is 17.1 Å². The van der Waals surface area contributed by atoms with Crippen molar-refractivity contribution < 1.29 is 19.2 Å². The molecule has 3 aromatic rings. The van der Waals surface area contributed by atoms with Crippen LogP contribution in [-0.4, -0.2) is 27.6 Å². The Hall–Kier alpha value is -4.12. The lowest BCUT2D eigenvalue weighted by atomic mass is 10.2. The molecule has 0 fully saturated rings. The van der Waals surface area contributed by atoms with Gasteiger partial charge in [-0.15, -0.1) is 0 Å². The molecule has 0 spiro atoms. The van der Waals surface area contributed by atoms with Crippen LogP contribution in [-0.2, 0) is 6.54 Å². The Kier molecular flexibility index (Phi) is 5.67. The first-order valence-electron chi connectivity index (χ1n) is 8.95. The molecule has 0 aliphatic carbocycles. The minimum atomic E-state index is -0.643. The Morgan fingerprint density at radius 1 is 1.13 bits per heavy atom. The topological polar surface area (TPSA) is 141 Å². The number of nitro groups is 1. The van der Waals surface area contributed by atoms with E-state index < -0.39 is 16.5 Å². The maximum atomic E-state index is 12.3. The Labute approximate surface area is 180 Å². The number of nitrogens with zero attached hydrogens (tertiary/aromatic N) is 3. The number of fused-ring (bicyclic) bond motifs is 1. The Balaban J connectivity index is 1.48. The number of hydrogen-bond donors (Lipinski definition) is 3. The number of anilines is 2. The van der Waals surface area contributed by atoms with Gasteiger partial charge in [0.1, 0.15) is 6.33 Å². The van der Waals surface area contributed by atoms with E-state index in [4.69, 9.17) is 21.1 Å². The van der Waals surface area contributed by atoms with Crippen molar-refractivity contribution in [3.05, 3.63) is 75.1 Å². The minimum Gasteiger partial charge on any atom is -0.454 e. The zero-order valence-corrected chi connectivity index (χ0v) is 16.5. The second kappa shape index (κ2) is 8.71. The van der Waals surface area contributed by atoms with Gasteiger partial charge in [-0.1, -0.05) is 23.7 Å². The summed E-state index contributed by atoms with van der Waals surface area (Å²) in [5.41, 5.74) is 5.50. The van der Waals surface area contributed by atoms with Gasteiger partial charge in [-0.3, -0.25) is 25.8 Å². The van der Waals surface area contributed by atoms with E-state index in [9.17, 15) is 14.9 Å². The van der Waals surface area contributed by atoms with Crippen molar-refractivity contribution in [2.75, 3.05) is 17.5 Å². The lowest BCUT2D eigenvalue weighted by molar-refractivity contribution is -0.383. The van der Waals surface area contributed by atoms with Crippen molar-refractivity contribution in [2.24, 2.45) is 0 Å². The summed E-state index contributed by atoms with van der Waals surface area (Å²) in [7, 11) is 0. The van der Waals surface area contributed by atoms with Crippen LogP contribution in [0.3, 0.4) is 0 Å². The predicted molar refractivity (Wildman–Crippen MR) is 111 cm³/mol. The van der Waals surface area contributed by atoms with Gasteiger partial charge in [0.25, 0.3) is 5.91 Å². The van der Waals surface area contributed by atoms with Crippen LogP contribution < -0.4 is 25.6 Å². The van der Waals surface area contributed by atoms with Gasteiger partial charge in [-0.05, 0) is 35.9 Å². The molecule has 1 aromatic heterocycles. The number of carbonyl (C=O) groups is 1. The summed E-state index contributed by atoms with van der Waals surface area (Å²) in [6.45, 7) is 0.391. The van der Waals surface area contributed by atoms with Gasteiger partial charge in [-0.25, -0.2) is 9.97 Å². The zero-order chi connectivity index (χ0) is 21.8. The summed E-state index contributed by atoms with van der Waals surface area (Å²) >= 11 is 5.88. The average molecular weight is 443 g/mol. The highest BCUT2D eigenvalue weighted by Gasteiger charge is 2.24. The number of ether oxygens (including phenoxy) is 2. The summed E-state index contributed by atoms with van der Waals surface area (Å²) in [6.07, 6.45) is 1.14. The highest BCUT2D eigenvalue weighted by Crippen LogP contribution is 2.33. The van der Waals surface area contributed by atoms with Crippen molar-refractivity contribution in [2.45, 2.75) is 6.54 Å². The summed E-state index contributed by atoms with van der Waals surface area (Å²) in [5, 5.41) is 14.9. The first kappa shape index (κ1) is 20.2. The number of aromatic nitrogens is 2. The molecule has 1 aliphatic heterocycles. The normalized spacial score (nSPS) is 11.6. The summed E-state index contributed by atoms with van der Waals surface area (Å²) < 4.78 is 10.6. The van der Waals surface area contributed by atoms with Gasteiger partial charge in [0.2, 0.25) is 18.4 Å². The summed E-state index contributed by atoms with van der Waals surface area (Å²) in [4.78, 5) is 31.1. The number of nitrogens with one attached hydrogen (secondary N) is 3. The van der Waals surface area contributed by atoms with Crippen molar-refractivity contribution in [1.29, 1.82) is 0 Å². The fraction of sp³-hybridized carbons (Fsp3) is 0.105. The lowest BCUT2D eigenvalue weighted by Gasteiger charge is -2.11. The summed E-state index contributed by atoms with van der Waals surface area (Å²) in [6, 6.07) is 11.6. The van der Waals surface area contributed by atoms with E-state index in [1.54, 1.807) is 36.4 Å². The molecule has 1 amide bonds. The van der Waals surface area contributed by atoms with Crippen LogP contribution in [0.1, 0.15) is 15.9 Å². The molecule has 2 aromatic carbocycles. The number of halogens is 1. The van der Waals surface area contributed by atoms with E-state index in [0.717, 1.165) is 11.9 Å². The van der Waals surface area contributed by atoms with Gasteiger partial charge >= 0.3 is 5.69 Å². The quantitative estimate of drug-likeness (QED) is 0.371. The largest absolute Gasteiger partial charge is 0.454 e. The van der Waals surface area contributed by atoms with E-state index in [0.29, 0.717) is 16.5 Å². The lowest BCUT2D eigenvalue weighted by Crippen LogP contribution is -2.30. The highest BCUT2D eigenvalue weighted by atomic mass is 35.5. The molecule has 0 bridgehead atoms. The first-order valence-corrected chi connectivity index (χ1v) is 9.33. The van der Waals surface area contributed by atoms with Crippen LogP contribution in [0, 0.1) is 10.1 Å². The maximum Gasteiger partial charge on any atom is 0.354 e. The van der Waals surface area contributed by atoms with E-state index in [2.05, 4.69) is 26.1 Å². The fourth-order valence-corrected chi connectivity index (χ4v) is 3.02. The van der Waals surface area contributed by atoms with Crippen LogP contribution in [0.5, 0.6) is 11.5 Å². The number of rotatable bonds is 7. The van der Waals surface area contributed by atoms with Gasteiger partial charge in [-0.2, -0.15) is 0 Å². The molecule has 12 heteroatoms. The molecule has 0 radical (unpaired) electrons. The third kappa shape index (κ3) is 4.56. The molecule has 31 heavy (non-hydrogen) atoms. The SMILES string of the molecule is O=C(NNc1ncnc(NCc2ccc3c(c2)OCO3)c1[N+](=O)[O-])c1cccc(Cl)c1. The van der Waals surface area contributed by atoms with E-state index in [-0.39, 0.29) is 30.5 Å². The van der Waals surface area contributed by atoms with Crippen LogP contribution in [0.25, 0.3) is 0 Å². The molecule has 0 saturated heterocycles. The molecule has 0 atom stereocenters. The molecule has 3 N–H and O–H groups in total. The molecular weight excluding hydrogens is 428 g/mol. The smallest absolute Gasteiger partial charge is 0.354 e. The molecule has 1 aliphatic rings. The fourth-order valence-electron chi connectivity index (χ4n) is 2.83. The van der Waals surface area contributed by atoms with Gasteiger partial charge in [0.05, 0.1) is 4.92 Å². The van der Waals surface area contributed by atoms with Crippen molar-refractivity contribution in [1.82, 2.24) is 15.4 Å². The first-order chi connectivity index (χ1) is 15.0. The van der Waals surface area contributed by atoms with E-state index >= 15 is 0 Å². The number of hydrogen-bond acceptors (Lipinski definition) is 9. The van der Waals surface area contributed by atoms with Crippen LogP contribution in [0.4, 0.5) is 17.3 Å². The standard InChI is InChI=1S/C19H15ClN6O5/c20-13-3-1-2-12(7-13)19(27)25-24-18-16(26(28)29)17(22-9-23-18)21-8-11-4-5-14-15(6-11)31-10-30-14/h1-7,9H,8,10H2,(H,25,27)(H2,21,22,23,24). The second-order valence-electron chi connectivity index (χ2n) is 6.31. The zero-order valence-electron chi connectivity index (χ0n) is 15.8. The molecule has 11 nitrogen and oxygen atoms in total. The monoisotopic (exact) mass is 442 g/mol. The van der Waals surface area contributed by atoms with Gasteiger partial charge < -0.3 is 14.8 Å². The number of benzene rings is 2. The molecule has 4 rings (SSSR count). The van der Waals surface area contributed by atoms with E-state index in [1.807, 2.05) is 0 Å². The minimum absolute atomic E-state index is 0.0165. The third-order valence-electron chi connectivity index (χ3n) is 4.28. The molecule has 0 unspecified atom stereocenters. The van der Waals surface area contributed by atoms with Crippen molar-refractivity contribution >= 4 is 34.8 Å². The Morgan fingerprint density at radius 3 is 2.74 bits per heavy atom. The molecule has 158 valence electrons. The Morgan fingerprint density at radius 2 is 1.94 bits per heavy atom. The second-order valence-corrected chi connectivity index (χ2v) is 6.74. The van der Waals surface area contributed by atoms with Crippen molar-refractivity contribution in [3.63, 3.8) is 0 Å². The highest BCUT2D eigenvalue weighted by molar-refractivity contribution is 6.30.